The number of carbonyl (C=O) groups is 3. The van der Waals surface area contributed by atoms with E-state index in [9.17, 15) is 18.8 Å². The molecule has 7 nitrogen and oxygen atoms in total. The Morgan fingerprint density at radius 2 is 2.04 bits per heavy atom. The summed E-state index contributed by atoms with van der Waals surface area (Å²) < 4.78 is 13.0. The molecule has 2 fully saturated rings. The Bertz CT molecular complexity index is 724. The Kier molecular flexibility index (Phi) is 5.74. The van der Waals surface area contributed by atoms with Crippen molar-refractivity contribution in [3.63, 3.8) is 0 Å². The molecule has 0 aliphatic carbocycles. The summed E-state index contributed by atoms with van der Waals surface area (Å²) in [6.45, 7) is 2.19. The lowest BCUT2D eigenvalue weighted by atomic mass is 9.91. The topological polar surface area (TPSA) is 90.5 Å². The van der Waals surface area contributed by atoms with Crippen molar-refractivity contribution in [2.24, 2.45) is 0 Å². The number of nitrogens with one attached hydrogen (secondary N) is 3. The van der Waals surface area contributed by atoms with Crippen molar-refractivity contribution in [2.75, 3.05) is 13.6 Å². The van der Waals surface area contributed by atoms with Gasteiger partial charge in [-0.25, -0.2) is 4.39 Å². The number of carbonyl (C=O) groups excluding carboxylic acids is 3. The van der Waals surface area contributed by atoms with E-state index in [1.807, 2.05) is 0 Å². The molecule has 1 aromatic rings. The molecule has 4 atom stereocenters. The maximum Gasteiger partial charge on any atom is 0.246 e. The van der Waals surface area contributed by atoms with Gasteiger partial charge in [0.2, 0.25) is 17.7 Å². The summed E-state index contributed by atoms with van der Waals surface area (Å²) in [5.74, 6) is -0.790. The third-order valence-electron chi connectivity index (χ3n) is 5.33. The van der Waals surface area contributed by atoms with Crippen molar-refractivity contribution in [3.05, 3.63) is 35.6 Å². The van der Waals surface area contributed by atoms with E-state index in [1.54, 1.807) is 31.0 Å². The van der Waals surface area contributed by atoms with Crippen LogP contribution in [0.15, 0.2) is 24.3 Å². The number of fused-ring (bicyclic) bond motifs is 1. The van der Waals surface area contributed by atoms with Crippen molar-refractivity contribution in [2.45, 2.75) is 50.4 Å². The molecule has 0 bridgehead atoms. The molecule has 3 N–H and O–H groups in total. The number of nitrogens with zero attached hydrogens (tertiary/aromatic N) is 1. The number of benzene rings is 1. The molecule has 2 heterocycles. The maximum atomic E-state index is 13.0. The molecule has 4 unspecified atom stereocenters. The minimum absolute atomic E-state index is 0.118. The van der Waals surface area contributed by atoms with Crippen LogP contribution in [0.2, 0.25) is 0 Å². The zero-order chi connectivity index (χ0) is 19.6. The van der Waals surface area contributed by atoms with Crippen LogP contribution in [0.4, 0.5) is 4.39 Å². The fraction of sp³-hybridized carbons (Fsp3) is 0.526. The van der Waals surface area contributed by atoms with Crippen LogP contribution in [0.1, 0.15) is 25.3 Å². The van der Waals surface area contributed by atoms with Gasteiger partial charge in [-0.1, -0.05) is 12.1 Å². The van der Waals surface area contributed by atoms with Crippen molar-refractivity contribution < 1.29 is 18.8 Å². The van der Waals surface area contributed by atoms with E-state index in [1.165, 1.54) is 12.1 Å². The van der Waals surface area contributed by atoms with Crippen molar-refractivity contribution in [3.8, 4) is 0 Å². The van der Waals surface area contributed by atoms with E-state index in [-0.39, 0.29) is 35.6 Å². The molecule has 0 saturated carbocycles. The predicted octanol–water partition coefficient (Wildman–Crippen LogP) is -0.0497. The van der Waals surface area contributed by atoms with Gasteiger partial charge in [0.05, 0.1) is 6.04 Å². The van der Waals surface area contributed by atoms with Crippen molar-refractivity contribution >= 4 is 17.7 Å². The monoisotopic (exact) mass is 376 g/mol. The molecule has 146 valence electrons. The number of halogens is 1. The average molecular weight is 376 g/mol. The molecule has 2 saturated heterocycles. The van der Waals surface area contributed by atoms with E-state index < -0.39 is 12.1 Å². The maximum absolute atomic E-state index is 13.0. The third kappa shape index (κ3) is 4.27. The van der Waals surface area contributed by atoms with E-state index in [2.05, 4.69) is 16.0 Å². The Morgan fingerprint density at radius 3 is 2.70 bits per heavy atom. The number of amides is 3. The van der Waals surface area contributed by atoms with Gasteiger partial charge < -0.3 is 20.9 Å². The number of hydrogen-bond donors (Lipinski definition) is 3. The van der Waals surface area contributed by atoms with Crippen LogP contribution in [-0.2, 0) is 20.8 Å². The molecule has 0 radical (unpaired) electrons. The van der Waals surface area contributed by atoms with Crippen LogP contribution in [0.5, 0.6) is 0 Å². The summed E-state index contributed by atoms with van der Waals surface area (Å²) in [7, 11) is 1.71. The second-order valence-electron chi connectivity index (χ2n) is 7.18. The van der Waals surface area contributed by atoms with Gasteiger partial charge in [0.25, 0.3) is 0 Å². The SMILES string of the molecule is CNC(C)C(=O)NC1CCN2C(=O)C(Cc3ccc(F)cc3)NC(=O)C2C1. The Morgan fingerprint density at radius 1 is 1.33 bits per heavy atom. The molecular formula is C19H25FN4O3. The van der Waals surface area contributed by atoms with Gasteiger partial charge in [-0.05, 0) is 44.5 Å². The van der Waals surface area contributed by atoms with Gasteiger partial charge in [-0.2, -0.15) is 0 Å². The van der Waals surface area contributed by atoms with E-state index >= 15 is 0 Å². The number of piperazine rings is 1. The summed E-state index contributed by atoms with van der Waals surface area (Å²) in [4.78, 5) is 39.0. The minimum Gasteiger partial charge on any atom is -0.352 e. The smallest absolute Gasteiger partial charge is 0.246 e. The van der Waals surface area contributed by atoms with Crippen LogP contribution in [0.3, 0.4) is 0 Å². The highest BCUT2D eigenvalue weighted by Crippen LogP contribution is 2.23. The lowest BCUT2D eigenvalue weighted by Crippen LogP contribution is -2.67. The normalized spacial score (nSPS) is 26.2. The molecule has 2 aliphatic heterocycles. The van der Waals surface area contributed by atoms with Crippen LogP contribution in [0.25, 0.3) is 0 Å². The Balaban J connectivity index is 1.63. The summed E-state index contributed by atoms with van der Waals surface area (Å²) in [5, 5.41) is 8.61. The largest absolute Gasteiger partial charge is 0.352 e. The number of likely N-dealkylation sites (N-methyl/N-ethyl adjacent to an activating group) is 1. The summed E-state index contributed by atoms with van der Waals surface area (Å²) >= 11 is 0. The standard InChI is InChI=1S/C19H25FN4O3/c1-11(21-2)17(25)22-14-7-8-24-16(10-14)18(26)23-15(19(24)27)9-12-3-5-13(20)6-4-12/h3-6,11,14-16,21H,7-10H2,1-2H3,(H,22,25)(H,23,26). The number of piperidine rings is 1. The number of rotatable bonds is 5. The summed E-state index contributed by atoms with van der Waals surface area (Å²) in [6.07, 6.45) is 1.35. The molecule has 0 spiro atoms. The highest BCUT2D eigenvalue weighted by molar-refractivity contribution is 5.97. The number of hydrogen-bond acceptors (Lipinski definition) is 4. The van der Waals surface area contributed by atoms with E-state index in [0.717, 1.165) is 5.56 Å². The first kappa shape index (κ1) is 19.3. The first-order valence-electron chi connectivity index (χ1n) is 9.22. The first-order valence-corrected chi connectivity index (χ1v) is 9.22. The lowest BCUT2D eigenvalue weighted by Gasteiger charge is -2.44. The lowest BCUT2D eigenvalue weighted by molar-refractivity contribution is -0.151. The molecule has 1 aromatic carbocycles. The van der Waals surface area contributed by atoms with E-state index in [4.69, 9.17) is 0 Å². The molecule has 3 rings (SSSR count). The van der Waals surface area contributed by atoms with Crippen molar-refractivity contribution in [1.29, 1.82) is 0 Å². The van der Waals surface area contributed by atoms with Crippen LogP contribution in [0, 0.1) is 5.82 Å². The minimum atomic E-state index is -0.644. The Hall–Kier alpha value is -2.48. The van der Waals surface area contributed by atoms with Crippen LogP contribution in [-0.4, -0.2) is 60.4 Å². The highest BCUT2D eigenvalue weighted by atomic mass is 19.1. The van der Waals surface area contributed by atoms with Gasteiger partial charge in [-0.15, -0.1) is 0 Å². The van der Waals surface area contributed by atoms with Crippen LogP contribution < -0.4 is 16.0 Å². The van der Waals surface area contributed by atoms with Gasteiger partial charge in [0.1, 0.15) is 17.9 Å². The van der Waals surface area contributed by atoms with Gasteiger partial charge in [0.15, 0.2) is 0 Å². The fourth-order valence-electron chi connectivity index (χ4n) is 3.59. The quantitative estimate of drug-likeness (QED) is 0.672. The average Bonchev–Trinajstić information content (AvgIpc) is 2.66. The first-order chi connectivity index (χ1) is 12.9. The molecule has 8 heteroatoms. The zero-order valence-corrected chi connectivity index (χ0v) is 15.5. The zero-order valence-electron chi connectivity index (χ0n) is 15.5. The van der Waals surface area contributed by atoms with Gasteiger partial charge in [-0.3, -0.25) is 14.4 Å². The van der Waals surface area contributed by atoms with Crippen molar-refractivity contribution in [1.82, 2.24) is 20.9 Å². The summed E-state index contributed by atoms with van der Waals surface area (Å²) in [6, 6.07) is 4.26. The van der Waals surface area contributed by atoms with E-state index in [0.29, 0.717) is 25.8 Å². The van der Waals surface area contributed by atoms with Gasteiger partial charge >= 0.3 is 0 Å². The molecule has 27 heavy (non-hydrogen) atoms. The second kappa shape index (κ2) is 8.04. The highest BCUT2D eigenvalue weighted by Gasteiger charge is 2.44. The molecule has 0 aromatic heterocycles. The Labute approximate surface area is 157 Å². The van der Waals surface area contributed by atoms with Crippen LogP contribution >= 0.6 is 0 Å². The predicted molar refractivity (Wildman–Crippen MR) is 97.2 cm³/mol. The molecule has 3 amide bonds. The van der Waals surface area contributed by atoms with Gasteiger partial charge in [0, 0.05) is 19.0 Å². The molecular weight excluding hydrogens is 351 g/mol. The second-order valence-corrected chi connectivity index (χ2v) is 7.18. The molecule has 2 aliphatic rings. The summed E-state index contributed by atoms with van der Waals surface area (Å²) in [5.41, 5.74) is 0.789. The third-order valence-corrected chi connectivity index (χ3v) is 5.33. The fourth-order valence-corrected chi connectivity index (χ4v) is 3.59.